The van der Waals surface area contributed by atoms with E-state index in [1.807, 2.05) is 0 Å². The maximum Gasteiger partial charge on any atom is 0.273 e. The van der Waals surface area contributed by atoms with Crippen molar-refractivity contribution in [2.75, 3.05) is 32.2 Å². The number of amides is 1. The summed E-state index contributed by atoms with van der Waals surface area (Å²) >= 11 is 0. The van der Waals surface area contributed by atoms with E-state index in [1.165, 1.54) is 64.7 Å². The number of carbonyl (C=O) groups excluding carboxylic acids is 1. The van der Waals surface area contributed by atoms with Gasteiger partial charge in [-0.25, -0.2) is 13.8 Å². The van der Waals surface area contributed by atoms with Gasteiger partial charge in [0.25, 0.3) is 21.6 Å². The lowest BCUT2D eigenvalue weighted by atomic mass is 10.1. The summed E-state index contributed by atoms with van der Waals surface area (Å²) in [5, 5.41) is 15.5. The number of hydrogen-bond acceptors (Lipinski definition) is 9. The number of sulfonamides is 1. The van der Waals surface area contributed by atoms with Crippen molar-refractivity contribution in [1.82, 2.24) is 5.43 Å². The molecular weight excluding hydrogens is 528 g/mol. The number of nitro groups is 1. The lowest BCUT2D eigenvalue weighted by Gasteiger charge is -2.24. The van der Waals surface area contributed by atoms with Crippen molar-refractivity contribution in [3.63, 3.8) is 0 Å². The van der Waals surface area contributed by atoms with E-state index in [2.05, 4.69) is 10.5 Å². The van der Waals surface area contributed by atoms with Crippen LogP contribution in [0.25, 0.3) is 0 Å². The quantitative estimate of drug-likeness (QED) is 0.214. The average Bonchev–Trinajstić information content (AvgIpc) is 2.94. The number of rotatable bonds is 11. The second kappa shape index (κ2) is 12.3. The molecule has 12 nitrogen and oxygen atoms in total. The summed E-state index contributed by atoms with van der Waals surface area (Å²) < 4.78 is 43.8. The molecule has 0 fully saturated rings. The predicted molar refractivity (Wildman–Crippen MR) is 145 cm³/mol. The molecule has 0 aliphatic carbocycles. The molecule has 0 spiro atoms. The van der Waals surface area contributed by atoms with Crippen molar-refractivity contribution < 1.29 is 32.3 Å². The SMILES string of the molecule is COc1ccc(N(CC(=O)N/N=C(/C)c2ccc(OC)c(OC)c2)S(=O)(=O)c2ccc(C)c([N+](=O)[O-])c2)cc1. The first-order chi connectivity index (χ1) is 18.5. The number of aryl methyl sites for hydroxylation is 1. The summed E-state index contributed by atoms with van der Waals surface area (Å²) in [5.41, 5.74) is 3.53. The monoisotopic (exact) mass is 556 g/mol. The van der Waals surface area contributed by atoms with E-state index in [0.29, 0.717) is 34.1 Å². The normalized spacial score (nSPS) is 11.5. The Balaban J connectivity index is 1.93. The highest BCUT2D eigenvalue weighted by Crippen LogP contribution is 2.29. The lowest BCUT2D eigenvalue weighted by Crippen LogP contribution is -2.39. The summed E-state index contributed by atoms with van der Waals surface area (Å²) in [4.78, 5) is 23.3. The summed E-state index contributed by atoms with van der Waals surface area (Å²) in [6.45, 7) is 2.51. The van der Waals surface area contributed by atoms with Crippen LogP contribution in [-0.2, 0) is 14.8 Å². The Morgan fingerprint density at radius 3 is 2.23 bits per heavy atom. The topological polar surface area (TPSA) is 150 Å². The fourth-order valence-corrected chi connectivity index (χ4v) is 5.02. The smallest absolute Gasteiger partial charge is 0.273 e. The van der Waals surface area contributed by atoms with Gasteiger partial charge in [-0.1, -0.05) is 6.07 Å². The Labute approximate surface area is 226 Å². The minimum Gasteiger partial charge on any atom is -0.497 e. The molecule has 0 bridgehead atoms. The molecule has 0 saturated carbocycles. The number of ether oxygens (including phenoxy) is 3. The van der Waals surface area contributed by atoms with Gasteiger partial charge in [-0.15, -0.1) is 0 Å². The van der Waals surface area contributed by atoms with Crippen molar-refractivity contribution >= 4 is 33.0 Å². The third-order valence-electron chi connectivity index (χ3n) is 5.76. The number of carbonyl (C=O) groups is 1. The van der Waals surface area contributed by atoms with E-state index in [9.17, 15) is 23.3 Å². The molecule has 0 radical (unpaired) electrons. The van der Waals surface area contributed by atoms with E-state index in [-0.39, 0.29) is 16.3 Å². The number of nitrogens with zero attached hydrogens (tertiary/aromatic N) is 3. The predicted octanol–water partition coefficient (Wildman–Crippen LogP) is 3.66. The van der Waals surface area contributed by atoms with Gasteiger partial charge in [-0.05, 0) is 62.4 Å². The summed E-state index contributed by atoms with van der Waals surface area (Å²) in [6.07, 6.45) is 0. The molecular formula is C26H28N4O8S. The van der Waals surface area contributed by atoms with Crippen LogP contribution in [0.2, 0.25) is 0 Å². The van der Waals surface area contributed by atoms with Gasteiger partial charge in [0.2, 0.25) is 0 Å². The maximum absolute atomic E-state index is 13.6. The number of hydrogen-bond donors (Lipinski definition) is 1. The number of nitro benzene ring substituents is 1. The molecule has 3 aromatic rings. The molecule has 1 amide bonds. The van der Waals surface area contributed by atoms with Crippen LogP contribution in [0.5, 0.6) is 17.2 Å². The zero-order chi connectivity index (χ0) is 28.7. The number of benzene rings is 3. The molecule has 39 heavy (non-hydrogen) atoms. The van der Waals surface area contributed by atoms with Gasteiger partial charge in [0.05, 0.1) is 42.5 Å². The lowest BCUT2D eigenvalue weighted by molar-refractivity contribution is -0.385. The molecule has 13 heteroatoms. The first-order valence-corrected chi connectivity index (χ1v) is 12.9. The molecule has 0 atom stereocenters. The number of hydrazone groups is 1. The van der Waals surface area contributed by atoms with Gasteiger partial charge >= 0.3 is 0 Å². The number of nitrogens with one attached hydrogen (secondary N) is 1. The average molecular weight is 557 g/mol. The van der Waals surface area contributed by atoms with Crippen molar-refractivity contribution in [1.29, 1.82) is 0 Å². The molecule has 0 aliphatic heterocycles. The Morgan fingerprint density at radius 2 is 1.64 bits per heavy atom. The molecule has 0 aliphatic rings. The van der Waals surface area contributed by atoms with Crippen LogP contribution in [0.4, 0.5) is 11.4 Å². The maximum atomic E-state index is 13.6. The minimum absolute atomic E-state index is 0.148. The third-order valence-corrected chi connectivity index (χ3v) is 7.53. The highest BCUT2D eigenvalue weighted by Gasteiger charge is 2.29. The van der Waals surface area contributed by atoms with Crippen molar-refractivity contribution in [3.8, 4) is 17.2 Å². The first-order valence-electron chi connectivity index (χ1n) is 11.5. The van der Waals surface area contributed by atoms with Gasteiger partial charge in [-0.2, -0.15) is 5.10 Å². The van der Waals surface area contributed by atoms with E-state index in [1.54, 1.807) is 25.1 Å². The zero-order valence-corrected chi connectivity index (χ0v) is 22.8. The van der Waals surface area contributed by atoms with Crippen molar-refractivity contribution in [3.05, 3.63) is 81.9 Å². The molecule has 206 valence electrons. The largest absolute Gasteiger partial charge is 0.497 e. The molecule has 0 unspecified atom stereocenters. The van der Waals surface area contributed by atoms with E-state index >= 15 is 0 Å². The summed E-state index contributed by atoms with van der Waals surface area (Å²) in [6, 6.07) is 14.7. The molecule has 0 aromatic heterocycles. The Hall–Kier alpha value is -4.65. The van der Waals surface area contributed by atoms with E-state index in [4.69, 9.17) is 14.2 Å². The van der Waals surface area contributed by atoms with Gasteiger partial charge < -0.3 is 14.2 Å². The first kappa shape index (κ1) is 28.9. The third kappa shape index (κ3) is 6.62. The second-order valence-electron chi connectivity index (χ2n) is 8.22. The van der Waals surface area contributed by atoms with Crippen LogP contribution in [0.15, 0.2) is 70.7 Å². The Kier molecular flexibility index (Phi) is 9.09. The van der Waals surface area contributed by atoms with Gasteiger partial charge in [-0.3, -0.25) is 19.2 Å². The van der Waals surface area contributed by atoms with Crippen molar-refractivity contribution in [2.45, 2.75) is 18.7 Å². The van der Waals surface area contributed by atoms with Crippen LogP contribution in [0.3, 0.4) is 0 Å². The van der Waals surface area contributed by atoms with Crippen LogP contribution in [-0.4, -0.2) is 52.8 Å². The van der Waals surface area contributed by atoms with Crippen molar-refractivity contribution in [2.24, 2.45) is 5.10 Å². The van der Waals surface area contributed by atoms with E-state index < -0.39 is 27.4 Å². The second-order valence-corrected chi connectivity index (χ2v) is 10.1. The summed E-state index contributed by atoms with van der Waals surface area (Å²) in [7, 11) is 0.0617. The highest BCUT2D eigenvalue weighted by molar-refractivity contribution is 7.92. The summed E-state index contributed by atoms with van der Waals surface area (Å²) in [5.74, 6) is 0.729. The van der Waals surface area contributed by atoms with Crippen LogP contribution in [0.1, 0.15) is 18.1 Å². The van der Waals surface area contributed by atoms with E-state index in [0.717, 1.165) is 10.4 Å². The fourth-order valence-electron chi connectivity index (χ4n) is 3.57. The Morgan fingerprint density at radius 1 is 0.974 bits per heavy atom. The van der Waals surface area contributed by atoms with Gasteiger partial charge in [0.1, 0.15) is 12.3 Å². The minimum atomic E-state index is -4.40. The van der Waals surface area contributed by atoms with Gasteiger partial charge in [0.15, 0.2) is 11.5 Å². The Bertz CT molecular complexity index is 1500. The molecule has 1 N–H and O–H groups in total. The fraction of sp³-hybridized carbons (Fsp3) is 0.231. The molecule has 0 heterocycles. The zero-order valence-electron chi connectivity index (χ0n) is 22.0. The molecule has 0 saturated heterocycles. The number of anilines is 1. The molecule has 3 rings (SSSR count). The van der Waals surface area contributed by atoms with Crippen LogP contribution >= 0.6 is 0 Å². The van der Waals surface area contributed by atoms with Gasteiger partial charge in [0, 0.05) is 17.2 Å². The standard InChI is InChI=1S/C26H28N4O8S/c1-17-6-12-22(15-23(17)30(32)33)39(34,35)29(20-8-10-21(36-3)11-9-20)16-26(31)28-27-18(2)19-7-13-24(37-4)25(14-19)38-5/h6-15H,16H2,1-5H3,(H,28,31)/b27-18-. The molecule has 3 aromatic carbocycles. The van der Waals surface area contributed by atoms with Crippen LogP contribution < -0.4 is 23.9 Å². The van der Waals surface area contributed by atoms with Crippen LogP contribution in [0, 0.1) is 17.0 Å². The highest BCUT2D eigenvalue weighted by atomic mass is 32.2. The number of methoxy groups -OCH3 is 3.